The Labute approximate surface area is 84.3 Å². The lowest BCUT2D eigenvalue weighted by atomic mass is 9.98. The van der Waals surface area contributed by atoms with E-state index >= 15 is 0 Å². The fraction of sp³-hybridized carbons (Fsp3) is 0.400. The molecule has 0 saturated heterocycles. The summed E-state index contributed by atoms with van der Waals surface area (Å²) in [4.78, 5) is 0. The minimum absolute atomic E-state index is 0.0637. The summed E-state index contributed by atoms with van der Waals surface area (Å²) in [6.45, 7) is 0.426. The Balaban J connectivity index is 2.60. The van der Waals surface area contributed by atoms with Gasteiger partial charge in [-0.25, -0.2) is 0 Å². The fourth-order valence-corrected chi connectivity index (χ4v) is 1.75. The maximum Gasteiger partial charge on any atom is 0.420 e. The summed E-state index contributed by atoms with van der Waals surface area (Å²) in [5.74, 6) is -0.502. The van der Waals surface area contributed by atoms with Crippen molar-refractivity contribution in [3.05, 3.63) is 23.3 Å². The first-order chi connectivity index (χ1) is 7.00. The molecule has 0 bridgehead atoms. The Morgan fingerprint density at radius 3 is 2.67 bits per heavy atom. The van der Waals surface area contributed by atoms with Gasteiger partial charge < -0.3 is 9.84 Å². The average molecular weight is 218 g/mol. The van der Waals surface area contributed by atoms with E-state index in [1.54, 1.807) is 0 Å². The van der Waals surface area contributed by atoms with Crippen molar-refractivity contribution in [1.29, 1.82) is 0 Å². The number of alkyl halides is 3. The van der Waals surface area contributed by atoms with Crippen molar-refractivity contribution in [2.75, 3.05) is 6.61 Å². The summed E-state index contributed by atoms with van der Waals surface area (Å²) < 4.78 is 43.0. The van der Waals surface area contributed by atoms with E-state index in [0.29, 0.717) is 19.4 Å². The van der Waals surface area contributed by atoms with E-state index in [2.05, 4.69) is 0 Å². The smallest absolute Gasteiger partial charge is 0.420 e. The van der Waals surface area contributed by atoms with Crippen molar-refractivity contribution in [3.8, 4) is 11.5 Å². The number of rotatable bonds is 0. The summed E-state index contributed by atoms with van der Waals surface area (Å²) in [6.07, 6.45) is -3.70. The van der Waals surface area contributed by atoms with Gasteiger partial charge in [0.05, 0.1) is 6.61 Å². The fourth-order valence-electron chi connectivity index (χ4n) is 1.75. The highest BCUT2D eigenvalue weighted by Gasteiger charge is 2.38. The number of benzene rings is 1. The Bertz CT molecular complexity index is 385. The van der Waals surface area contributed by atoms with E-state index in [9.17, 15) is 18.3 Å². The number of aromatic hydroxyl groups is 1. The van der Waals surface area contributed by atoms with Gasteiger partial charge in [-0.05, 0) is 25.0 Å². The lowest BCUT2D eigenvalue weighted by molar-refractivity contribution is -0.139. The molecule has 5 heteroatoms. The van der Waals surface area contributed by atoms with Crippen LogP contribution in [0.25, 0.3) is 0 Å². The normalized spacial score (nSPS) is 15.7. The van der Waals surface area contributed by atoms with E-state index in [1.165, 1.54) is 6.07 Å². The number of ether oxygens (including phenoxy) is 1. The molecule has 0 spiro atoms. The lowest BCUT2D eigenvalue weighted by Crippen LogP contribution is -2.16. The van der Waals surface area contributed by atoms with Crippen molar-refractivity contribution >= 4 is 0 Å². The van der Waals surface area contributed by atoms with E-state index < -0.39 is 17.5 Å². The van der Waals surface area contributed by atoms with E-state index in [0.717, 1.165) is 6.07 Å². The molecule has 1 heterocycles. The van der Waals surface area contributed by atoms with Crippen LogP contribution >= 0.6 is 0 Å². The van der Waals surface area contributed by atoms with Crippen LogP contribution in [0.4, 0.5) is 13.2 Å². The van der Waals surface area contributed by atoms with Gasteiger partial charge in [0.15, 0.2) is 0 Å². The van der Waals surface area contributed by atoms with Crippen molar-refractivity contribution in [1.82, 2.24) is 0 Å². The van der Waals surface area contributed by atoms with Crippen molar-refractivity contribution in [3.63, 3.8) is 0 Å². The second-order valence-electron chi connectivity index (χ2n) is 3.39. The number of phenolic OH excluding ortho intramolecular Hbond substituents is 1. The van der Waals surface area contributed by atoms with Crippen LogP contribution in [0.2, 0.25) is 0 Å². The van der Waals surface area contributed by atoms with Gasteiger partial charge in [0, 0.05) is 5.56 Å². The number of fused-ring (bicyclic) bond motifs is 1. The average Bonchev–Trinajstić information content (AvgIpc) is 2.15. The SMILES string of the molecule is Oc1ccc2c(c1C(F)(F)F)CCCO2. The third kappa shape index (κ3) is 1.73. The van der Waals surface area contributed by atoms with Crippen molar-refractivity contribution < 1.29 is 23.0 Å². The maximum atomic E-state index is 12.6. The van der Waals surface area contributed by atoms with Gasteiger partial charge in [-0.3, -0.25) is 0 Å². The second-order valence-corrected chi connectivity index (χ2v) is 3.39. The molecule has 1 aliphatic heterocycles. The van der Waals surface area contributed by atoms with E-state index in [-0.39, 0.29) is 11.3 Å². The molecule has 0 aromatic heterocycles. The quantitative estimate of drug-likeness (QED) is 0.725. The Kier molecular flexibility index (Phi) is 2.25. The third-order valence-corrected chi connectivity index (χ3v) is 2.36. The van der Waals surface area contributed by atoms with Crippen LogP contribution in [0, 0.1) is 0 Å². The predicted octanol–water partition coefficient (Wildman–Crippen LogP) is 2.74. The zero-order valence-electron chi connectivity index (χ0n) is 7.77. The molecule has 1 N–H and O–H groups in total. The van der Waals surface area contributed by atoms with Gasteiger partial charge in [-0.2, -0.15) is 13.2 Å². The highest BCUT2D eigenvalue weighted by molar-refractivity contribution is 5.50. The zero-order valence-corrected chi connectivity index (χ0v) is 7.77. The second kappa shape index (κ2) is 3.32. The van der Waals surface area contributed by atoms with Crippen LogP contribution in [0.3, 0.4) is 0 Å². The van der Waals surface area contributed by atoms with Gasteiger partial charge >= 0.3 is 6.18 Å². The minimum Gasteiger partial charge on any atom is -0.507 e. The molecule has 0 radical (unpaired) electrons. The molecule has 1 aromatic rings. The third-order valence-electron chi connectivity index (χ3n) is 2.36. The summed E-state index contributed by atoms with van der Waals surface area (Å²) >= 11 is 0. The van der Waals surface area contributed by atoms with Gasteiger partial charge in [0.1, 0.15) is 17.1 Å². The number of phenols is 1. The van der Waals surface area contributed by atoms with Gasteiger partial charge in [0.2, 0.25) is 0 Å². The summed E-state index contributed by atoms with van der Waals surface area (Å²) in [5.41, 5.74) is -0.895. The number of halogens is 3. The molecule has 2 rings (SSSR count). The van der Waals surface area contributed by atoms with Crippen LogP contribution in [0.15, 0.2) is 12.1 Å². The zero-order chi connectivity index (χ0) is 11.1. The van der Waals surface area contributed by atoms with Crippen molar-refractivity contribution in [2.45, 2.75) is 19.0 Å². The molecule has 1 aliphatic rings. The Morgan fingerprint density at radius 1 is 1.27 bits per heavy atom. The maximum absolute atomic E-state index is 12.6. The van der Waals surface area contributed by atoms with E-state index in [4.69, 9.17) is 4.74 Å². The summed E-state index contributed by atoms with van der Waals surface area (Å²) in [7, 11) is 0. The van der Waals surface area contributed by atoms with Crippen LogP contribution in [-0.4, -0.2) is 11.7 Å². The molecule has 0 aliphatic carbocycles. The predicted molar refractivity (Wildman–Crippen MR) is 46.9 cm³/mol. The molecular weight excluding hydrogens is 209 g/mol. The Morgan fingerprint density at radius 2 is 2.00 bits per heavy atom. The van der Waals surface area contributed by atoms with E-state index in [1.807, 2.05) is 0 Å². The lowest BCUT2D eigenvalue weighted by Gasteiger charge is -2.22. The molecule has 15 heavy (non-hydrogen) atoms. The highest BCUT2D eigenvalue weighted by atomic mass is 19.4. The minimum atomic E-state index is -4.53. The standard InChI is InChI=1S/C10H9F3O2/c11-10(12,13)9-6-2-1-5-15-8(6)4-3-7(9)14/h3-4,14H,1-2,5H2. The molecule has 0 fully saturated rings. The van der Waals surface area contributed by atoms with Crippen LogP contribution in [0.5, 0.6) is 11.5 Å². The van der Waals surface area contributed by atoms with Gasteiger partial charge in [-0.1, -0.05) is 0 Å². The van der Waals surface area contributed by atoms with Crippen LogP contribution < -0.4 is 4.74 Å². The molecular formula is C10H9F3O2. The first-order valence-corrected chi connectivity index (χ1v) is 4.55. The topological polar surface area (TPSA) is 29.5 Å². The van der Waals surface area contributed by atoms with Crippen LogP contribution in [0.1, 0.15) is 17.5 Å². The number of hydrogen-bond acceptors (Lipinski definition) is 2. The Hall–Kier alpha value is -1.39. The molecule has 0 unspecified atom stereocenters. The molecule has 0 saturated carbocycles. The molecule has 2 nitrogen and oxygen atoms in total. The molecule has 0 atom stereocenters. The first kappa shape index (κ1) is 10.1. The largest absolute Gasteiger partial charge is 0.507 e. The molecule has 0 amide bonds. The molecule has 82 valence electrons. The summed E-state index contributed by atoms with van der Waals surface area (Å²) in [6, 6.07) is 2.39. The summed E-state index contributed by atoms with van der Waals surface area (Å²) in [5, 5.41) is 9.23. The monoisotopic (exact) mass is 218 g/mol. The number of hydrogen-bond donors (Lipinski definition) is 1. The van der Waals surface area contributed by atoms with Gasteiger partial charge in [0.25, 0.3) is 0 Å². The van der Waals surface area contributed by atoms with Crippen LogP contribution in [-0.2, 0) is 12.6 Å². The first-order valence-electron chi connectivity index (χ1n) is 4.55. The highest BCUT2D eigenvalue weighted by Crippen LogP contribution is 2.43. The molecule has 1 aromatic carbocycles. The van der Waals surface area contributed by atoms with Crippen molar-refractivity contribution in [2.24, 2.45) is 0 Å². The van der Waals surface area contributed by atoms with Gasteiger partial charge in [-0.15, -0.1) is 0 Å².